The van der Waals surface area contributed by atoms with E-state index >= 15 is 0 Å². The minimum Gasteiger partial charge on any atom is -0.265 e. The zero-order valence-corrected chi connectivity index (χ0v) is 7.84. The molecule has 0 saturated carbocycles. The highest BCUT2D eigenvalue weighted by Crippen LogP contribution is 2.08. The lowest BCUT2D eigenvalue weighted by molar-refractivity contribution is 0.306. The summed E-state index contributed by atoms with van der Waals surface area (Å²) in [4.78, 5) is 0. The summed E-state index contributed by atoms with van der Waals surface area (Å²) in [5, 5.41) is 0. The summed E-state index contributed by atoms with van der Waals surface area (Å²) in [6, 6.07) is 5.87. The maximum absolute atomic E-state index is 12.9. The second kappa shape index (κ2) is 3.85. The molecule has 0 unspecified atom stereocenters. The molecule has 0 spiro atoms. The van der Waals surface area contributed by atoms with Crippen LogP contribution in [0, 0.1) is 5.82 Å². The van der Waals surface area contributed by atoms with Crippen molar-refractivity contribution >= 4 is 10.1 Å². The Hall–Kier alpha value is -0.940. The maximum Gasteiger partial charge on any atom is 0.264 e. The number of hydrogen-bond acceptors (Lipinski definition) is 3. The summed E-state index contributed by atoms with van der Waals surface area (Å²) in [5.74, 6) is -0.467. The van der Waals surface area contributed by atoms with Gasteiger partial charge in [0.2, 0.25) is 0 Å². The number of halogens is 1. The monoisotopic (exact) mass is 204 g/mol. The summed E-state index contributed by atoms with van der Waals surface area (Å²) in [6.07, 6.45) is 0.924. The Morgan fingerprint density at radius 2 is 2.00 bits per heavy atom. The van der Waals surface area contributed by atoms with Crippen LogP contribution in [0.25, 0.3) is 0 Å². The Morgan fingerprint density at radius 3 is 2.54 bits per heavy atom. The van der Waals surface area contributed by atoms with Crippen LogP contribution in [0.2, 0.25) is 0 Å². The van der Waals surface area contributed by atoms with Crippen molar-refractivity contribution in [1.82, 2.24) is 0 Å². The van der Waals surface area contributed by atoms with Gasteiger partial charge in [0.1, 0.15) is 5.82 Å². The molecule has 0 saturated heterocycles. The molecule has 0 aliphatic heterocycles. The van der Waals surface area contributed by atoms with Gasteiger partial charge in [-0.05, 0) is 6.07 Å². The smallest absolute Gasteiger partial charge is 0.264 e. The van der Waals surface area contributed by atoms with E-state index in [1.807, 2.05) is 0 Å². The standard InChI is InChI=1S/C8H9FO3S/c1-13(10,11)12-6-7-4-2-3-5-8(7)9/h2-5H,6H2,1H3. The Bertz CT molecular complexity index is 386. The van der Waals surface area contributed by atoms with Gasteiger partial charge < -0.3 is 0 Å². The summed E-state index contributed by atoms with van der Waals surface area (Å²) in [7, 11) is -3.51. The molecule has 5 heteroatoms. The normalized spacial score (nSPS) is 11.5. The van der Waals surface area contributed by atoms with Crippen LogP contribution in [-0.4, -0.2) is 14.7 Å². The van der Waals surface area contributed by atoms with E-state index in [-0.39, 0.29) is 12.2 Å². The lowest BCUT2D eigenvalue weighted by Gasteiger charge is -2.01. The lowest BCUT2D eigenvalue weighted by atomic mass is 10.2. The molecule has 0 atom stereocenters. The molecule has 0 N–H and O–H groups in total. The fourth-order valence-corrected chi connectivity index (χ4v) is 1.13. The van der Waals surface area contributed by atoms with Crippen LogP contribution in [-0.2, 0) is 20.9 Å². The average Bonchev–Trinajstić information content (AvgIpc) is 2.01. The largest absolute Gasteiger partial charge is 0.265 e. The van der Waals surface area contributed by atoms with E-state index in [1.165, 1.54) is 18.2 Å². The van der Waals surface area contributed by atoms with Crippen molar-refractivity contribution in [2.24, 2.45) is 0 Å². The fraction of sp³-hybridized carbons (Fsp3) is 0.250. The molecule has 1 rings (SSSR count). The van der Waals surface area contributed by atoms with Gasteiger partial charge in [0.25, 0.3) is 10.1 Å². The molecular weight excluding hydrogens is 195 g/mol. The van der Waals surface area contributed by atoms with Gasteiger partial charge in [0, 0.05) is 5.56 Å². The third kappa shape index (κ3) is 3.52. The predicted molar refractivity (Wildman–Crippen MR) is 46.0 cm³/mol. The van der Waals surface area contributed by atoms with Crippen LogP contribution in [0.15, 0.2) is 24.3 Å². The van der Waals surface area contributed by atoms with E-state index in [0.717, 1.165) is 6.26 Å². The van der Waals surface area contributed by atoms with Gasteiger partial charge in [0.05, 0.1) is 12.9 Å². The first-order valence-electron chi connectivity index (χ1n) is 3.57. The van der Waals surface area contributed by atoms with Crippen molar-refractivity contribution in [2.75, 3.05) is 6.26 Å². The molecule has 0 radical (unpaired) electrons. The highest BCUT2D eigenvalue weighted by molar-refractivity contribution is 7.85. The van der Waals surface area contributed by atoms with Crippen LogP contribution in [0.1, 0.15) is 5.56 Å². The quantitative estimate of drug-likeness (QED) is 0.697. The third-order valence-electron chi connectivity index (χ3n) is 1.39. The van der Waals surface area contributed by atoms with Crippen LogP contribution >= 0.6 is 0 Å². The molecule has 0 aromatic heterocycles. The zero-order chi connectivity index (χ0) is 9.90. The molecule has 13 heavy (non-hydrogen) atoms. The van der Waals surface area contributed by atoms with E-state index < -0.39 is 15.9 Å². The first-order valence-corrected chi connectivity index (χ1v) is 5.38. The van der Waals surface area contributed by atoms with E-state index in [9.17, 15) is 12.8 Å². The van der Waals surface area contributed by atoms with E-state index in [4.69, 9.17) is 0 Å². The van der Waals surface area contributed by atoms with Crippen LogP contribution in [0.4, 0.5) is 4.39 Å². The Kier molecular flexibility index (Phi) is 3.00. The molecule has 3 nitrogen and oxygen atoms in total. The van der Waals surface area contributed by atoms with E-state index in [1.54, 1.807) is 6.07 Å². The lowest BCUT2D eigenvalue weighted by Crippen LogP contribution is -2.03. The van der Waals surface area contributed by atoms with Crippen LogP contribution in [0.5, 0.6) is 0 Å². The molecule has 1 aromatic carbocycles. The van der Waals surface area contributed by atoms with Crippen molar-refractivity contribution in [2.45, 2.75) is 6.61 Å². The molecule has 0 bridgehead atoms. The van der Waals surface area contributed by atoms with Crippen LogP contribution in [0.3, 0.4) is 0 Å². The first kappa shape index (κ1) is 10.1. The summed E-state index contributed by atoms with van der Waals surface area (Å²) < 4.78 is 38.5. The fourth-order valence-electron chi connectivity index (χ4n) is 0.786. The maximum atomic E-state index is 12.9. The first-order chi connectivity index (χ1) is 5.99. The highest BCUT2D eigenvalue weighted by atomic mass is 32.2. The number of rotatable bonds is 3. The Balaban J connectivity index is 2.71. The second-order valence-electron chi connectivity index (χ2n) is 2.56. The van der Waals surface area contributed by atoms with Gasteiger partial charge in [-0.2, -0.15) is 8.42 Å². The van der Waals surface area contributed by atoms with Crippen molar-refractivity contribution in [3.63, 3.8) is 0 Å². The predicted octanol–water partition coefficient (Wildman–Crippen LogP) is 1.30. The van der Waals surface area contributed by atoms with Gasteiger partial charge in [-0.25, -0.2) is 4.39 Å². The molecule has 1 aromatic rings. The van der Waals surface area contributed by atoms with E-state index in [2.05, 4.69) is 4.18 Å². The average molecular weight is 204 g/mol. The number of benzene rings is 1. The Morgan fingerprint density at radius 1 is 1.38 bits per heavy atom. The molecule has 0 fully saturated rings. The van der Waals surface area contributed by atoms with Crippen molar-refractivity contribution in [1.29, 1.82) is 0 Å². The van der Waals surface area contributed by atoms with Gasteiger partial charge in [-0.15, -0.1) is 0 Å². The summed E-state index contributed by atoms with van der Waals surface area (Å²) in [5.41, 5.74) is 0.230. The minimum absolute atomic E-state index is 0.230. The molecule has 0 amide bonds. The van der Waals surface area contributed by atoms with Crippen molar-refractivity contribution < 1.29 is 17.0 Å². The molecule has 72 valence electrons. The van der Waals surface area contributed by atoms with Gasteiger partial charge in [-0.1, -0.05) is 18.2 Å². The SMILES string of the molecule is CS(=O)(=O)OCc1ccccc1F. The van der Waals surface area contributed by atoms with Crippen molar-refractivity contribution in [3.8, 4) is 0 Å². The number of hydrogen-bond donors (Lipinski definition) is 0. The second-order valence-corrected chi connectivity index (χ2v) is 4.20. The highest BCUT2D eigenvalue weighted by Gasteiger charge is 2.05. The molecule has 0 aliphatic rings. The summed E-state index contributed by atoms with van der Waals surface area (Å²) >= 11 is 0. The van der Waals surface area contributed by atoms with Gasteiger partial charge >= 0.3 is 0 Å². The molecular formula is C8H9FO3S. The van der Waals surface area contributed by atoms with Crippen LogP contribution < -0.4 is 0 Å². The van der Waals surface area contributed by atoms with Gasteiger partial charge in [0.15, 0.2) is 0 Å². The molecule has 0 aliphatic carbocycles. The van der Waals surface area contributed by atoms with Crippen molar-refractivity contribution in [3.05, 3.63) is 35.6 Å². The molecule has 0 heterocycles. The minimum atomic E-state index is -3.51. The zero-order valence-electron chi connectivity index (χ0n) is 7.03. The third-order valence-corrected chi connectivity index (χ3v) is 1.93. The topological polar surface area (TPSA) is 43.4 Å². The van der Waals surface area contributed by atoms with Gasteiger partial charge in [-0.3, -0.25) is 4.18 Å². The Labute approximate surface area is 76.3 Å². The van der Waals surface area contributed by atoms with E-state index in [0.29, 0.717) is 0 Å². The summed E-state index contributed by atoms with van der Waals surface area (Å²) in [6.45, 7) is -0.258.